The maximum absolute atomic E-state index is 5.87. The molecule has 7 nitrogen and oxygen atoms in total. The van der Waals surface area contributed by atoms with E-state index in [0.29, 0.717) is 5.19 Å². The van der Waals surface area contributed by atoms with Gasteiger partial charge in [-0.15, -0.1) is 0 Å². The molecular weight excluding hydrogens is 410 g/mol. The lowest BCUT2D eigenvalue weighted by molar-refractivity contribution is 0.245. The van der Waals surface area contributed by atoms with Gasteiger partial charge in [-0.25, -0.2) is 15.0 Å². The number of pyridine rings is 1. The van der Waals surface area contributed by atoms with Gasteiger partial charge in [0.15, 0.2) is 5.82 Å². The monoisotopic (exact) mass is 431 g/mol. The molecule has 0 atom stereocenters. The third-order valence-corrected chi connectivity index (χ3v) is 5.99. The molecule has 3 aromatic heterocycles. The van der Waals surface area contributed by atoms with E-state index in [2.05, 4.69) is 19.9 Å². The van der Waals surface area contributed by atoms with Gasteiger partial charge in [0, 0.05) is 66.8 Å². The summed E-state index contributed by atoms with van der Waals surface area (Å²) in [6.07, 6.45) is 8.28. The van der Waals surface area contributed by atoms with Crippen molar-refractivity contribution in [3.8, 4) is 28.1 Å². The van der Waals surface area contributed by atoms with Crippen LogP contribution in [0.5, 0.6) is 16.7 Å². The second-order valence-electron chi connectivity index (χ2n) is 7.23. The average molecular weight is 432 g/mol. The highest BCUT2D eigenvalue weighted by Gasteiger charge is 2.20. The van der Waals surface area contributed by atoms with Crippen LogP contribution >= 0.6 is 11.3 Å². The molecule has 5 rings (SSSR count). The maximum Gasteiger partial charge on any atom is 0.278 e. The van der Waals surface area contributed by atoms with Crippen molar-refractivity contribution < 1.29 is 9.47 Å². The van der Waals surface area contributed by atoms with Crippen molar-refractivity contribution in [1.29, 1.82) is 0 Å². The average Bonchev–Trinajstić information content (AvgIpc) is 3.26. The molecule has 0 N–H and O–H groups in total. The Hall–Kier alpha value is -3.36. The molecule has 0 amide bonds. The molecule has 0 saturated heterocycles. The molecule has 0 bridgehead atoms. The fourth-order valence-corrected chi connectivity index (χ4v) is 4.34. The van der Waals surface area contributed by atoms with E-state index in [4.69, 9.17) is 14.5 Å². The van der Waals surface area contributed by atoms with Crippen LogP contribution in [0.2, 0.25) is 0 Å². The fourth-order valence-electron chi connectivity index (χ4n) is 3.52. The highest BCUT2D eigenvalue weighted by atomic mass is 32.1. The van der Waals surface area contributed by atoms with E-state index in [0.717, 1.165) is 54.6 Å². The van der Waals surface area contributed by atoms with Crippen LogP contribution in [0.3, 0.4) is 0 Å². The van der Waals surface area contributed by atoms with Gasteiger partial charge in [-0.2, -0.15) is 0 Å². The minimum atomic E-state index is 0.642. The minimum Gasteiger partial charge on any atom is -0.497 e. The lowest BCUT2D eigenvalue weighted by Gasteiger charge is -2.27. The summed E-state index contributed by atoms with van der Waals surface area (Å²) in [5.41, 5.74) is 3.31. The molecule has 0 fully saturated rings. The lowest BCUT2D eigenvalue weighted by atomic mass is 10.1. The van der Waals surface area contributed by atoms with Crippen LogP contribution in [0, 0.1) is 0 Å². The summed E-state index contributed by atoms with van der Waals surface area (Å²) in [4.78, 5) is 21.4. The summed E-state index contributed by atoms with van der Waals surface area (Å²) in [5, 5.41) is 0.642. The molecule has 0 saturated carbocycles. The number of aromatic nitrogens is 4. The summed E-state index contributed by atoms with van der Waals surface area (Å²) >= 11 is 1.57. The summed E-state index contributed by atoms with van der Waals surface area (Å²) in [7, 11) is 1.65. The number of hydrogen-bond donors (Lipinski definition) is 0. The number of fused-ring (bicyclic) bond motifs is 1. The van der Waals surface area contributed by atoms with E-state index in [1.165, 1.54) is 10.4 Å². The summed E-state index contributed by atoms with van der Waals surface area (Å²) in [6, 6.07) is 11.4. The van der Waals surface area contributed by atoms with Crippen LogP contribution < -0.4 is 9.47 Å². The Balaban J connectivity index is 1.22. The molecule has 0 aliphatic carbocycles. The van der Waals surface area contributed by atoms with Crippen LogP contribution in [0.4, 0.5) is 0 Å². The Morgan fingerprint density at radius 3 is 2.61 bits per heavy atom. The highest BCUT2D eigenvalue weighted by Crippen LogP contribution is 2.29. The van der Waals surface area contributed by atoms with E-state index < -0.39 is 0 Å². The van der Waals surface area contributed by atoms with Gasteiger partial charge in [0.05, 0.1) is 12.8 Å². The third-order valence-electron chi connectivity index (χ3n) is 5.13. The largest absolute Gasteiger partial charge is 0.497 e. The van der Waals surface area contributed by atoms with Gasteiger partial charge in [-0.05, 0) is 36.4 Å². The number of hydrogen-bond acceptors (Lipinski definition) is 8. The predicted molar refractivity (Wildman–Crippen MR) is 118 cm³/mol. The van der Waals surface area contributed by atoms with Crippen LogP contribution in [0.15, 0.2) is 61.2 Å². The smallest absolute Gasteiger partial charge is 0.278 e. The molecule has 0 radical (unpaired) electrons. The molecule has 1 aromatic carbocycles. The first kappa shape index (κ1) is 19.6. The Labute approximate surface area is 184 Å². The van der Waals surface area contributed by atoms with Crippen molar-refractivity contribution in [2.45, 2.75) is 19.5 Å². The number of thiazole rings is 1. The quantitative estimate of drug-likeness (QED) is 0.449. The second-order valence-corrected chi connectivity index (χ2v) is 8.31. The summed E-state index contributed by atoms with van der Waals surface area (Å²) in [6.45, 7) is 2.61. The number of rotatable bonds is 6. The molecular formula is C23H21N5O2S. The van der Waals surface area contributed by atoms with E-state index in [-0.39, 0.29) is 0 Å². The maximum atomic E-state index is 5.87. The zero-order valence-corrected chi connectivity index (χ0v) is 17.9. The first-order chi connectivity index (χ1) is 15.3. The molecule has 31 heavy (non-hydrogen) atoms. The van der Waals surface area contributed by atoms with Crippen molar-refractivity contribution in [1.82, 2.24) is 24.8 Å². The van der Waals surface area contributed by atoms with Gasteiger partial charge in [0.1, 0.15) is 11.5 Å². The Bertz CT molecular complexity index is 1160. The van der Waals surface area contributed by atoms with Gasteiger partial charge >= 0.3 is 0 Å². The third kappa shape index (κ3) is 4.55. The minimum absolute atomic E-state index is 0.642. The first-order valence-electron chi connectivity index (χ1n) is 10.0. The topological polar surface area (TPSA) is 73.3 Å². The fraction of sp³-hybridized carbons (Fsp3) is 0.217. The van der Waals surface area contributed by atoms with Crippen LogP contribution in [-0.2, 0) is 19.5 Å². The zero-order valence-electron chi connectivity index (χ0n) is 17.1. The SMILES string of the molecule is COc1ccc(Oc2ncc(CN3CCc4nc(-c5ccncc5)ncc4C3)s2)cc1. The second kappa shape index (κ2) is 8.79. The zero-order chi connectivity index (χ0) is 21.0. The summed E-state index contributed by atoms with van der Waals surface area (Å²) in [5.74, 6) is 2.31. The lowest BCUT2D eigenvalue weighted by Crippen LogP contribution is -2.30. The van der Waals surface area contributed by atoms with Gasteiger partial charge in [-0.3, -0.25) is 9.88 Å². The van der Waals surface area contributed by atoms with Gasteiger partial charge in [-0.1, -0.05) is 11.3 Å². The van der Waals surface area contributed by atoms with Crippen molar-refractivity contribution in [3.63, 3.8) is 0 Å². The molecule has 1 aliphatic heterocycles. The number of ether oxygens (including phenoxy) is 2. The first-order valence-corrected chi connectivity index (χ1v) is 10.8. The highest BCUT2D eigenvalue weighted by molar-refractivity contribution is 7.13. The van der Waals surface area contributed by atoms with Crippen LogP contribution in [-0.4, -0.2) is 38.5 Å². The number of nitrogens with zero attached hydrogens (tertiary/aromatic N) is 5. The van der Waals surface area contributed by atoms with E-state index in [1.807, 2.05) is 48.8 Å². The molecule has 0 unspecified atom stereocenters. The van der Waals surface area contributed by atoms with Crippen molar-refractivity contribution in [3.05, 3.63) is 77.3 Å². The molecule has 1 aliphatic rings. The van der Waals surface area contributed by atoms with Crippen LogP contribution in [0.25, 0.3) is 11.4 Å². The predicted octanol–water partition coefficient (Wildman–Crippen LogP) is 4.35. The molecule has 156 valence electrons. The molecule has 8 heteroatoms. The number of benzene rings is 1. The van der Waals surface area contributed by atoms with E-state index in [9.17, 15) is 0 Å². The molecule has 0 spiro atoms. The van der Waals surface area contributed by atoms with Gasteiger partial charge < -0.3 is 9.47 Å². The summed E-state index contributed by atoms with van der Waals surface area (Å²) < 4.78 is 11.0. The molecule has 4 aromatic rings. The Morgan fingerprint density at radius 2 is 1.81 bits per heavy atom. The molecule has 4 heterocycles. The number of methoxy groups -OCH3 is 1. The van der Waals surface area contributed by atoms with Crippen molar-refractivity contribution in [2.24, 2.45) is 0 Å². The standard InChI is InChI=1S/C23H21N5O2S/c1-29-18-2-4-19(5-3-18)30-23-26-13-20(31-23)15-28-11-8-21-17(14-28)12-25-22(27-21)16-6-9-24-10-7-16/h2-7,9-10,12-13H,8,11,14-15H2,1H3. The Kier molecular flexibility index (Phi) is 5.56. The Morgan fingerprint density at radius 1 is 1.00 bits per heavy atom. The van der Waals surface area contributed by atoms with Crippen molar-refractivity contribution >= 4 is 11.3 Å². The van der Waals surface area contributed by atoms with E-state index in [1.54, 1.807) is 30.8 Å². The van der Waals surface area contributed by atoms with Crippen LogP contribution in [0.1, 0.15) is 16.1 Å². The van der Waals surface area contributed by atoms with Gasteiger partial charge in [0.25, 0.3) is 5.19 Å². The van der Waals surface area contributed by atoms with E-state index >= 15 is 0 Å². The normalized spacial score (nSPS) is 13.6. The van der Waals surface area contributed by atoms with Crippen molar-refractivity contribution in [2.75, 3.05) is 13.7 Å². The van der Waals surface area contributed by atoms with Gasteiger partial charge in [0.2, 0.25) is 0 Å².